The van der Waals surface area contributed by atoms with Gasteiger partial charge in [0.2, 0.25) is 10.0 Å². The van der Waals surface area contributed by atoms with Gasteiger partial charge in [0.15, 0.2) is 0 Å². The first-order chi connectivity index (χ1) is 6.06. The minimum absolute atomic E-state index is 0.296. The van der Waals surface area contributed by atoms with Crippen molar-refractivity contribution in [2.45, 2.75) is 13.3 Å². The standard InChI is InChI=1S/C8H18N2O2S/c1-3-10(2)13(11,12)7-8-4-5-9-6-8/h8-9H,3-7H2,1-2H3. The Morgan fingerprint density at radius 3 is 2.69 bits per heavy atom. The van der Waals surface area contributed by atoms with Crippen molar-refractivity contribution in [3.8, 4) is 0 Å². The maximum absolute atomic E-state index is 11.6. The molecule has 1 fully saturated rings. The highest BCUT2D eigenvalue weighted by molar-refractivity contribution is 7.89. The molecule has 5 heteroatoms. The molecule has 1 aliphatic heterocycles. The lowest BCUT2D eigenvalue weighted by Gasteiger charge is -2.17. The molecule has 4 nitrogen and oxygen atoms in total. The summed E-state index contributed by atoms with van der Waals surface area (Å²) in [4.78, 5) is 0. The lowest BCUT2D eigenvalue weighted by atomic mass is 10.2. The van der Waals surface area contributed by atoms with Crippen molar-refractivity contribution in [2.75, 3.05) is 32.4 Å². The number of hydrogen-bond acceptors (Lipinski definition) is 3. The number of sulfonamides is 1. The minimum atomic E-state index is -3.00. The lowest BCUT2D eigenvalue weighted by molar-refractivity contribution is 0.474. The predicted octanol–water partition coefficient (Wildman–Crippen LogP) is -0.123. The maximum Gasteiger partial charge on any atom is 0.214 e. The van der Waals surface area contributed by atoms with E-state index in [1.54, 1.807) is 7.05 Å². The maximum atomic E-state index is 11.6. The van der Waals surface area contributed by atoms with E-state index < -0.39 is 10.0 Å². The Balaban J connectivity index is 2.50. The fourth-order valence-electron chi connectivity index (χ4n) is 1.48. The summed E-state index contributed by atoms with van der Waals surface area (Å²) in [5.41, 5.74) is 0. The van der Waals surface area contributed by atoms with Gasteiger partial charge in [0.1, 0.15) is 0 Å². The summed E-state index contributed by atoms with van der Waals surface area (Å²) in [5, 5.41) is 3.17. The molecule has 13 heavy (non-hydrogen) atoms. The van der Waals surface area contributed by atoms with Gasteiger partial charge in [-0.1, -0.05) is 6.92 Å². The summed E-state index contributed by atoms with van der Waals surface area (Å²) in [6.07, 6.45) is 0.983. The number of hydrogen-bond donors (Lipinski definition) is 1. The number of rotatable bonds is 4. The minimum Gasteiger partial charge on any atom is -0.316 e. The molecule has 1 atom stereocenters. The quantitative estimate of drug-likeness (QED) is 0.697. The second-order valence-corrected chi connectivity index (χ2v) is 5.67. The summed E-state index contributed by atoms with van der Waals surface area (Å²) in [5.74, 6) is 0.601. The topological polar surface area (TPSA) is 49.4 Å². The van der Waals surface area contributed by atoms with E-state index in [0.29, 0.717) is 18.2 Å². The second kappa shape index (κ2) is 4.39. The van der Waals surface area contributed by atoms with Crippen LogP contribution >= 0.6 is 0 Å². The number of nitrogens with one attached hydrogen (secondary N) is 1. The molecule has 1 rings (SSSR count). The van der Waals surface area contributed by atoms with Crippen LogP contribution in [0.25, 0.3) is 0 Å². The van der Waals surface area contributed by atoms with Crippen LogP contribution in [0.1, 0.15) is 13.3 Å². The molecule has 78 valence electrons. The summed E-state index contributed by atoms with van der Waals surface area (Å²) in [7, 11) is -1.36. The van der Waals surface area contributed by atoms with E-state index in [9.17, 15) is 8.42 Å². The third-order valence-electron chi connectivity index (χ3n) is 2.53. The van der Waals surface area contributed by atoms with Crippen molar-refractivity contribution in [2.24, 2.45) is 5.92 Å². The zero-order chi connectivity index (χ0) is 9.90. The van der Waals surface area contributed by atoms with Gasteiger partial charge in [-0.25, -0.2) is 12.7 Å². The highest BCUT2D eigenvalue weighted by atomic mass is 32.2. The first-order valence-electron chi connectivity index (χ1n) is 4.71. The van der Waals surface area contributed by atoms with E-state index in [4.69, 9.17) is 0 Å². The Morgan fingerprint density at radius 2 is 2.23 bits per heavy atom. The molecule has 0 saturated carbocycles. The number of nitrogens with zero attached hydrogens (tertiary/aromatic N) is 1. The molecular formula is C8H18N2O2S. The summed E-state index contributed by atoms with van der Waals surface area (Å²) < 4.78 is 24.7. The van der Waals surface area contributed by atoms with E-state index in [1.807, 2.05) is 6.92 Å². The lowest BCUT2D eigenvalue weighted by Crippen LogP contribution is -2.32. The molecule has 1 unspecified atom stereocenters. The molecule has 0 aromatic heterocycles. The van der Waals surface area contributed by atoms with Crippen LogP contribution in [0.4, 0.5) is 0 Å². The molecule has 0 amide bonds. The van der Waals surface area contributed by atoms with Crippen LogP contribution in [-0.2, 0) is 10.0 Å². The average Bonchev–Trinajstić information content (AvgIpc) is 2.54. The molecule has 0 spiro atoms. The van der Waals surface area contributed by atoms with E-state index in [2.05, 4.69) is 5.32 Å². The van der Waals surface area contributed by atoms with E-state index in [1.165, 1.54) is 4.31 Å². The van der Waals surface area contributed by atoms with E-state index in [0.717, 1.165) is 19.5 Å². The molecule has 1 aliphatic rings. The molecule has 0 aromatic rings. The third kappa shape index (κ3) is 2.93. The molecule has 0 aliphatic carbocycles. The van der Waals surface area contributed by atoms with Crippen molar-refractivity contribution in [3.63, 3.8) is 0 Å². The van der Waals surface area contributed by atoms with Crippen LogP contribution in [0.3, 0.4) is 0 Å². The molecule has 0 radical (unpaired) electrons. The molecule has 1 heterocycles. The zero-order valence-electron chi connectivity index (χ0n) is 8.28. The monoisotopic (exact) mass is 206 g/mol. The fourth-order valence-corrected chi connectivity index (χ4v) is 3.01. The zero-order valence-corrected chi connectivity index (χ0v) is 9.10. The van der Waals surface area contributed by atoms with Crippen molar-refractivity contribution in [1.82, 2.24) is 9.62 Å². The second-order valence-electron chi connectivity index (χ2n) is 3.55. The molecule has 1 N–H and O–H groups in total. The Hall–Kier alpha value is -0.130. The highest BCUT2D eigenvalue weighted by Gasteiger charge is 2.24. The van der Waals surface area contributed by atoms with Gasteiger partial charge in [-0.2, -0.15) is 0 Å². The average molecular weight is 206 g/mol. The third-order valence-corrected chi connectivity index (χ3v) is 4.63. The summed E-state index contributed by atoms with van der Waals surface area (Å²) >= 11 is 0. The Morgan fingerprint density at radius 1 is 1.54 bits per heavy atom. The van der Waals surface area contributed by atoms with E-state index >= 15 is 0 Å². The SMILES string of the molecule is CCN(C)S(=O)(=O)CC1CCNC1. The van der Waals surface area contributed by atoms with E-state index in [-0.39, 0.29) is 0 Å². The predicted molar refractivity (Wildman–Crippen MR) is 53.1 cm³/mol. The van der Waals surface area contributed by atoms with Gasteiger partial charge in [-0.05, 0) is 25.4 Å². The van der Waals surface area contributed by atoms with Crippen LogP contribution in [-0.4, -0.2) is 45.2 Å². The van der Waals surface area contributed by atoms with Crippen molar-refractivity contribution >= 4 is 10.0 Å². The van der Waals surface area contributed by atoms with Crippen molar-refractivity contribution in [1.29, 1.82) is 0 Å². The van der Waals surface area contributed by atoms with Gasteiger partial charge in [0, 0.05) is 13.6 Å². The van der Waals surface area contributed by atoms with Crippen LogP contribution in [0.15, 0.2) is 0 Å². The molecular weight excluding hydrogens is 188 g/mol. The van der Waals surface area contributed by atoms with Crippen LogP contribution in [0, 0.1) is 5.92 Å². The fraction of sp³-hybridized carbons (Fsp3) is 1.00. The smallest absolute Gasteiger partial charge is 0.214 e. The van der Waals surface area contributed by atoms with Gasteiger partial charge < -0.3 is 5.32 Å². The molecule has 0 aromatic carbocycles. The highest BCUT2D eigenvalue weighted by Crippen LogP contribution is 2.12. The molecule has 1 saturated heterocycles. The van der Waals surface area contributed by atoms with Gasteiger partial charge in [-0.15, -0.1) is 0 Å². The first kappa shape index (κ1) is 10.9. The first-order valence-corrected chi connectivity index (χ1v) is 6.32. The Kier molecular flexibility index (Phi) is 3.70. The largest absolute Gasteiger partial charge is 0.316 e. The van der Waals surface area contributed by atoms with Crippen molar-refractivity contribution in [3.05, 3.63) is 0 Å². The van der Waals surface area contributed by atoms with Gasteiger partial charge in [0.25, 0.3) is 0 Å². The molecule has 0 bridgehead atoms. The van der Waals surface area contributed by atoms with Crippen LogP contribution in [0.5, 0.6) is 0 Å². The summed E-state index contributed by atoms with van der Waals surface area (Å²) in [6.45, 7) is 4.21. The van der Waals surface area contributed by atoms with Gasteiger partial charge in [-0.3, -0.25) is 0 Å². The normalized spacial score (nSPS) is 24.1. The van der Waals surface area contributed by atoms with Crippen molar-refractivity contribution < 1.29 is 8.42 Å². The van der Waals surface area contributed by atoms with Crippen LogP contribution in [0.2, 0.25) is 0 Å². The Bertz CT molecular complexity index is 245. The van der Waals surface area contributed by atoms with Gasteiger partial charge >= 0.3 is 0 Å². The summed E-state index contributed by atoms with van der Waals surface area (Å²) in [6, 6.07) is 0. The Labute approximate surface area is 80.4 Å². The van der Waals surface area contributed by atoms with Crippen LogP contribution < -0.4 is 5.32 Å². The van der Waals surface area contributed by atoms with Gasteiger partial charge in [0.05, 0.1) is 5.75 Å².